The largest absolute Gasteiger partial charge is 0.508 e. The van der Waals surface area contributed by atoms with Crippen molar-refractivity contribution in [2.24, 2.45) is 0 Å². The van der Waals surface area contributed by atoms with Gasteiger partial charge in [0, 0.05) is 5.92 Å². The number of phenolic OH excluding ortho intramolecular Hbond substituents is 1. The molecule has 0 aliphatic rings. The van der Waals surface area contributed by atoms with Gasteiger partial charge in [0.2, 0.25) is 0 Å². The Hall–Kier alpha value is -2.81. The van der Waals surface area contributed by atoms with Crippen LogP contribution in [-0.2, 0) is 6.42 Å². The van der Waals surface area contributed by atoms with E-state index >= 15 is 0 Å². The van der Waals surface area contributed by atoms with Crippen LogP contribution in [0.4, 0.5) is 4.39 Å². The molecule has 3 rings (SSSR count). The molecule has 1 atom stereocenters. The predicted octanol–water partition coefficient (Wildman–Crippen LogP) is 6.26. The highest BCUT2D eigenvalue weighted by Gasteiger charge is 2.11. The Bertz CT molecular complexity index is 800. The molecule has 0 aliphatic heterocycles. The summed E-state index contributed by atoms with van der Waals surface area (Å²) in [7, 11) is 0. The molecule has 0 aromatic heterocycles. The molecule has 3 aromatic carbocycles. The lowest BCUT2D eigenvalue weighted by atomic mass is 9.93. The monoisotopic (exact) mass is 350 g/mol. The molecule has 2 nitrogen and oxygen atoms in total. The molecule has 134 valence electrons. The van der Waals surface area contributed by atoms with Crippen LogP contribution in [0.25, 0.3) is 0 Å². The second-order valence-electron chi connectivity index (χ2n) is 6.40. The van der Waals surface area contributed by atoms with Crippen molar-refractivity contribution in [3.63, 3.8) is 0 Å². The first kappa shape index (κ1) is 18.0. The summed E-state index contributed by atoms with van der Waals surface area (Å²) in [5.41, 5.74) is 2.12. The number of ether oxygens (including phenoxy) is 1. The highest BCUT2D eigenvalue weighted by Crippen LogP contribution is 2.26. The number of alkyl halides is 1. The van der Waals surface area contributed by atoms with Crippen LogP contribution in [0, 0.1) is 0 Å². The van der Waals surface area contributed by atoms with Gasteiger partial charge in [0.05, 0.1) is 6.67 Å². The average molecular weight is 350 g/mol. The number of halogens is 1. The first-order chi connectivity index (χ1) is 12.7. The Kier molecular flexibility index (Phi) is 6.26. The lowest BCUT2D eigenvalue weighted by Gasteiger charge is -2.14. The normalized spacial score (nSPS) is 11.9. The van der Waals surface area contributed by atoms with Gasteiger partial charge in [0.25, 0.3) is 0 Å². The van der Waals surface area contributed by atoms with Crippen LogP contribution < -0.4 is 4.74 Å². The molecule has 0 fully saturated rings. The summed E-state index contributed by atoms with van der Waals surface area (Å²) in [6.45, 7) is -0.387. The second kappa shape index (κ2) is 9.04. The Labute approximate surface area is 153 Å². The van der Waals surface area contributed by atoms with Crippen molar-refractivity contribution in [3.8, 4) is 17.2 Å². The molecule has 3 aromatic rings. The van der Waals surface area contributed by atoms with Crippen molar-refractivity contribution in [1.29, 1.82) is 0 Å². The van der Waals surface area contributed by atoms with E-state index in [0.717, 1.165) is 36.3 Å². The number of hydrogen-bond donors (Lipinski definition) is 1. The molecule has 0 aliphatic carbocycles. The minimum absolute atomic E-state index is 0.126. The summed E-state index contributed by atoms with van der Waals surface area (Å²) in [6.07, 6.45) is 2.54. The van der Waals surface area contributed by atoms with Gasteiger partial charge in [-0.2, -0.15) is 0 Å². The van der Waals surface area contributed by atoms with E-state index in [-0.39, 0.29) is 18.3 Å². The van der Waals surface area contributed by atoms with Crippen LogP contribution in [0.3, 0.4) is 0 Å². The number of rotatable bonds is 8. The average Bonchev–Trinajstić information content (AvgIpc) is 2.67. The van der Waals surface area contributed by atoms with E-state index in [1.807, 2.05) is 48.5 Å². The number of aromatic hydroxyl groups is 1. The molecule has 0 radical (unpaired) electrons. The van der Waals surface area contributed by atoms with Gasteiger partial charge in [0.1, 0.15) is 17.2 Å². The number of hydrogen-bond acceptors (Lipinski definition) is 2. The molecule has 0 bridgehead atoms. The van der Waals surface area contributed by atoms with Crippen LogP contribution in [-0.4, -0.2) is 11.8 Å². The van der Waals surface area contributed by atoms with Crippen LogP contribution in [0.5, 0.6) is 17.2 Å². The van der Waals surface area contributed by atoms with E-state index in [9.17, 15) is 9.50 Å². The quantitative estimate of drug-likeness (QED) is 0.519. The highest BCUT2D eigenvalue weighted by molar-refractivity contribution is 5.34. The molecule has 1 N–H and O–H groups in total. The number of phenols is 1. The lowest BCUT2D eigenvalue weighted by molar-refractivity contribution is 0.408. The van der Waals surface area contributed by atoms with Gasteiger partial charge in [-0.3, -0.25) is 4.39 Å². The minimum Gasteiger partial charge on any atom is -0.508 e. The van der Waals surface area contributed by atoms with Gasteiger partial charge in [-0.05, 0) is 66.8 Å². The maximum Gasteiger partial charge on any atom is 0.127 e. The number of aryl methyl sites for hydroxylation is 1. The summed E-state index contributed by atoms with van der Waals surface area (Å²) in [5, 5.41) is 9.36. The van der Waals surface area contributed by atoms with Crippen molar-refractivity contribution < 1.29 is 14.2 Å². The van der Waals surface area contributed by atoms with Crippen LogP contribution in [0.1, 0.15) is 29.9 Å². The summed E-state index contributed by atoms with van der Waals surface area (Å²) in [5.74, 6) is 1.71. The first-order valence-corrected chi connectivity index (χ1v) is 8.91. The third-order valence-corrected chi connectivity index (χ3v) is 4.45. The van der Waals surface area contributed by atoms with Crippen molar-refractivity contribution in [2.45, 2.75) is 25.2 Å². The molecule has 0 spiro atoms. The molecule has 0 saturated heterocycles. The molecule has 26 heavy (non-hydrogen) atoms. The molecule has 1 unspecified atom stereocenters. The van der Waals surface area contributed by atoms with Gasteiger partial charge in [-0.15, -0.1) is 0 Å². The van der Waals surface area contributed by atoms with Gasteiger partial charge in [0.15, 0.2) is 0 Å². The molecular weight excluding hydrogens is 327 g/mol. The van der Waals surface area contributed by atoms with E-state index < -0.39 is 0 Å². The van der Waals surface area contributed by atoms with Gasteiger partial charge in [-0.1, -0.05) is 42.5 Å². The topological polar surface area (TPSA) is 29.5 Å². The van der Waals surface area contributed by atoms with E-state index in [1.165, 1.54) is 5.56 Å². The Morgan fingerprint density at radius 1 is 0.846 bits per heavy atom. The van der Waals surface area contributed by atoms with Crippen molar-refractivity contribution in [2.75, 3.05) is 6.67 Å². The summed E-state index contributed by atoms with van der Waals surface area (Å²) >= 11 is 0. The first-order valence-electron chi connectivity index (χ1n) is 8.91. The molecule has 0 amide bonds. The number of benzene rings is 3. The second-order valence-corrected chi connectivity index (χ2v) is 6.40. The third kappa shape index (κ3) is 5.09. The van der Waals surface area contributed by atoms with Crippen LogP contribution in [0.2, 0.25) is 0 Å². The maximum absolute atomic E-state index is 13.4. The predicted molar refractivity (Wildman–Crippen MR) is 103 cm³/mol. The number of para-hydroxylation sites is 1. The molecule has 0 saturated carbocycles. The van der Waals surface area contributed by atoms with Crippen molar-refractivity contribution >= 4 is 0 Å². The zero-order valence-electron chi connectivity index (χ0n) is 14.6. The van der Waals surface area contributed by atoms with Crippen molar-refractivity contribution in [3.05, 3.63) is 90.0 Å². The molecular formula is C23H23FO2. The maximum atomic E-state index is 13.4. The van der Waals surface area contributed by atoms with Gasteiger partial charge in [-0.25, -0.2) is 0 Å². The summed E-state index contributed by atoms with van der Waals surface area (Å²) in [6, 6.07) is 24.6. The third-order valence-electron chi connectivity index (χ3n) is 4.45. The van der Waals surface area contributed by atoms with E-state index in [1.54, 1.807) is 24.3 Å². The lowest BCUT2D eigenvalue weighted by Crippen LogP contribution is -2.02. The molecule has 3 heteroatoms. The standard InChI is InChI=1S/C23H23FO2/c24-17-20(19-12-14-21(25)15-13-19)8-4-6-18-7-5-11-23(16-18)26-22-9-2-1-3-10-22/h1-3,5,7,9-16,20,25H,4,6,8,17H2. The zero-order chi connectivity index (χ0) is 18.2. The SMILES string of the molecule is Oc1ccc(C(CF)CCCc2cccc(Oc3ccccc3)c2)cc1. The fraction of sp³-hybridized carbons (Fsp3) is 0.217. The van der Waals surface area contributed by atoms with Gasteiger partial charge >= 0.3 is 0 Å². The smallest absolute Gasteiger partial charge is 0.127 e. The van der Waals surface area contributed by atoms with Crippen molar-refractivity contribution in [1.82, 2.24) is 0 Å². The van der Waals surface area contributed by atoms with E-state index in [2.05, 4.69) is 6.07 Å². The van der Waals surface area contributed by atoms with Gasteiger partial charge < -0.3 is 9.84 Å². The van der Waals surface area contributed by atoms with E-state index in [0.29, 0.717) is 0 Å². The van der Waals surface area contributed by atoms with Crippen LogP contribution in [0.15, 0.2) is 78.9 Å². The summed E-state index contributed by atoms with van der Waals surface area (Å²) in [4.78, 5) is 0. The fourth-order valence-corrected chi connectivity index (χ4v) is 3.02. The summed E-state index contributed by atoms with van der Waals surface area (Å²) < 4.78 is 19.3. The van der Waals surface area contributed by atoms with E-state index in [4.69, 9.17) is 4.74 Å². The Balaban J connectivity index is 1.55. The van der Waals surface area contributed by atoms with Crippen LogP contribution >= 0.6 is 0 Å². The zero-order valence-corrected chi connectivity index (χ0v) is 14.6. The fourth-order valence-electron chi connectivity index (χ4n) is 3.02. The highest BCUT2D eigenvalue weighted by atomic mass is 19.1. The minimum atomic E-state index is -0.387. The Morgan fingerprint density at radius 2 is 1.58 bits per heavy atom. The molecule has 0 heterocycles. The Morgan fingerprint density at radius 3 is 2.31 bits per heavy atom.